The number of rotatable bonds is 32. The minimum atomic E-state index is 1.12. The molecule has 0 saturated carbocycles. The van der Waals surface area contributed by atoms with Gasteiger partial charge in [-0.25, -0.2) is 0 Å². The standard InChI is InChI=1S/C77H84S8/c1-6-10-14-18-22-54(5)74(78)68-46-42-64(80-68)65-44-48-70(82-65)76-62(24-20-16-12-8-3)52-72(84-76)59-38-34-57(35-39-59)32-30-55-26-28-56(29-27-55)31-33-58-36-40-60(41-37-58)73-53-63(25-21-17-13-9-4)77(85-73)71-49-45-67(83-71)66-43-47-69(81-66)75-61(50-51-79-75)23-19-15-11-7-2/h26-53,78H,6-25H2,1-5H3/b32-30+,33-31+,74-54+. The fraction of sp³-hybridized carbons (Fsp3) is 0.325. The molecule has 10 aromatic rings. The lowest BCUT2D eigenvalue weighted by Crippen LogP contribution is -1.85. The van der Waals surface area contributed by atoms with E-state index in [1.807, 2.05) is 79.4 Å². The fourth-order valence-electron chi connectivity index (χ4n) is 11.0. The Morgan fingerprint density at radius 1 is 0.341 bits per heavy atom. The predicted octanol–water partition coefficient (Wildman–Crippen LogP) is 28.1. The van der Waals surface area contributed by atoms with Crippen LogP contribution < -0.4 is 0 Å². The number of thiophene rings is 7. The maximum Gasteiger partial charge on any atom is 0.0481 e. The molecule has 10 rings (SSSR count). The van der Waals surface area contributed by atoms with Crippen molar-refractivity contribution in [2.75, 3.05) is 0 Å². The zero-order valence-corrected chi connectivity index (χ0v) is 57.2. The summed E-state index contributed by atoms with van der Waals surface area (Å²) in [5, 5.41) is 2.28. The Bertz CT molecular complexity index is 3730. The highest BCUT2D eigenvalue weighted by atomic mass is 32.1. The monoisotopic (exact) mass is 1260 g/mol. The van der Waals surface area contributed by atoms with Crippen molar-refractivity contribution < 1.29 is 0 Å². The van der Waals surface area contributed by atoms with E-state index in [-0.39, 0.29) is 0 Å². The van der Waals surface area contributed by atoms with Gasteiger partial charge in [0.25, 0.3) is 0 Å². The summed E-state index contributed by atoms with van der Waals surface area (Å²) in [6.45, 7) is 11.4. The maximum atomic E-state index is 5.01. The Labute approximate surface area is 543 Å². The lowest BCUT2D eigenvalue weighted by molar-refractivity contribution is 0.665. The Morgan fingerprint density at radius 3 is 1.14 bits per heavy atom. The third-order valence-electron chi connectivity index (χ3n) is 16.2. The van der Waals surface area contributed by atoms with E-state index in [1.54, 1.807) is 0 Å². The van der Waals surface area contributed by atoms with Crippen LogP contribution in [0.2, 0.25) is 0 Å². The molecular weight excluding hydrogens is 1180 g/mol. The fourth-order valence-corrected chi connectivity index (χ4v) is 19.4. The molecule has 3 aromatic carbocycles. The first kappa shape index (κ1) is 63.2. The van der Waals surface area contributed by atoms with Crippen LogP contribution in [-0.2, 0) is 19.3 Å². The summed E-state index contributed by atoms with van der Waals surface area (Å²) in [6, 6.07) is 53.3. The highest BCUT2D eigenvalue weighted by molar-refractivity contribution is 7.90. The van der Waals surface area contributed by atoms with Gasteiger partial charge in [0, 0.05) is 68.3 Å². The molecule has 440 valence electrons. The minimum absolute atomic E-state index is 1.12. The quantitative estimate of drug-likeness (QED) is 0.0242. The van der Waals surface area contributed by atoms with Crippen LogP contribution in [0.1, 0.15) is 188 Å². The Kier molecular flexibility index (Phi) is 24.1. The van der Waals surface area contributed by atoms with E-state index in [1.165, 1.54) is 228 Å². The van der Waals surface area contributed by atoms with Gasteiger partial charge in [0.2, 0.25) is 0 Å². The number of allylic oxidation sites excluding steroid dienone is 1. The van der Waals surface area contributed by atoms with Crippen LogP contribution in [0.3, 0.4) is 0 Å². The third kappa shape index (κ3) is 17.3. The molecule has 85 heavy (non-hydrogen) atoms. The van der Waals surface area contributed by atoms with Crippen LogP contribution >= 0.6 is 92.0 Å². The van der Waals surface area contributed by atoms with Gasteiger partial charge in [0.15, 0.2) is 0 Å². The molecule has 0 aliphatic heterocycles. The average molecular weight is 1270 g/mol. The van der Waals surface area contributed by atoms with E-state index >= 15 is 0 Å². The molecule has 7 aromatic heterocycles. The van der Waals surface area contributed by atoms with E-state index in [9.17, 15) is 0 Å². The second-order valence-electron chi connectivity index (χ2n) is 22.8. The van der Waals surface area contributed by atoms with Crippen molar-refractivity contribution in [1.29, 1.82) is 0 Å². The summed E-state index contributed by atoms with van der Waals surface area (Å²) in [4.78, 5) is 19.1. The number of benzene rings is 3. The third-order valence-corrected chi connectivity index (χ3v) is 25.6. The van der Waals surface area contributed by atoms with Gasteiger partial charge in [0.1, 0.15) is 0 Å². The number of thiol groups is 1. The molecule has 0 saturated heterocycles. The lowest BCUT2D eigenvalue weighted by atomic mass is 10.0. The lowest BCUT2D eigenvalue weighted by Gasteiger charge is -2.05. The van der Waals surface area contributed by atoms with E-state index in [2.05, 4.69) is 204 Å². The van der Waals surface area contributed by atoms with Crippen LogP contribution in [-0.4, -0.2) is 0 Å². The van der Waals surface area contributed by atoms with E-state index < -0.39 is 0 Å². The van der Waals surface area contributed by atoms with E-state index in [0.29, 0.717) is 0 Å². The van der Waals surface area contributed by atoms with E-state index in [4.69, 9.17) is 12.6 Å². The summed E-state index contributed by atoms with van der Waals surface area (Å²) >= 11 is 18.6. The molecule has 0 bridgehead atoms. The molecule has 8 heteroatoms. The first-order valence-electron chi connectivity index (χ1n) is 31.6. The van der Waals surface area contributed by atoms with Crippen molar-refractivity contribution in [2.45, 2.75) is 163 Å². The molecule has 0 amide bonds. The van der Waals surface area contributed by atoms with Crippen molar-refractivity contribution >= 4 is 121 Å². The smallest absolute Gasteiger partial charge is 0.0481 e. The van der Waals surface area contributed by atoms with Crippen molar-refractivity contribution in [1.82, 2.24) is 0 Å². The van der Waals surface area contributed by atoms with Gasteiger partial charge in [-0.15, -0.1) is 92.0 Å². The van der Waals surface area contributed by atoms with Gasteiger partial charge in [-0.1, -0.05) is 207 Å². The van der Waals surface area contributed by atoms with Gasteiger partial charge >= 0.3 is 0 Å². The van der Waals surface area contributed by atoms with E-state index in [0.717, 1.165) is 24.2 Å². The Morgan fingerprint density at radius 2 is 0.706 bits per heavy atom. The summed E-state index contributed by atoms with van der Waals surface area (Å²) in [7, 11) is 0. The molecule has 0 fully saturated rings. The topological polar surface area (TPSA) is 0 Å². The Balaban J connectivity index is 0.762. The van der Waals surface area contributed by atoms with Crippen LogP contribution in [0, 0.1) is 0 Å². The highest BCUT2D eigenvalue weighted by Crippen LogP contribution is 2.48. The SMILES string of the molecule is CCCCCC/C(C)=C(/S)c1ccc(-c2ccc(-c3sc(-c4ccc(/C=C/c5ccc(/C=C/c6ccc(-c7cc(CCCCCC)c(-c8ccc(-c9ccc(-c%10sccc%10CCCCCC)s9)s8)s7)cc6)cc5)cc4)cc3CCCCCC)s2)s1. The van der Waals surface area contributed by atoms with Crippen LogP contribution in [0.25, 0.3) is 98.9 Å². The van der Waals surface area contributed by atoms with Crippen molar-refractivity contribution in [3.63, 3.8) is 0 Å². The minimum Gasteiger partial charge on any atom is -0.143 e. The van der Waals surface area contributed by atoms with Gasteiger partial charge in [-0.3, -0.25) is 0 Å². The summed E-state index contributed by atoms with van der Waals surface area (Å²) in [5.74, 6) is 0. The summed E-state index contributed by atoms with van der Waals surface area (Å²) in [6.07, 6.45) is 34.0. The second kappa shape index (κ2) is 32.4. The predicted molar refractivity (Wildman–Crippen MR) is 394 cm³/mol. The molecule has 0 N–H and O–H groups in total. The summed E-state index contributed by atoms with van der Waals surface area (Å²) < 4.78 is 0. The van der Waals surface area contributed by atoms with Gasteiger partial charge < -0.3 is 0 Å². The number of aryl methyl sites for hydroxylation is 3. The van der Waals surface area contributed by atoms with Crippen LogP contribution in [0.5, 0.6) is 0 Å². The molecule has 0 atom stereocenters. The zero-order chi connectivity index (χ0) is 58.7. The second-order valence-corrected chi connectivity index (χ2v) is 30.6. The van der Waals surface area contributed by atoms with Gasteiger partial charge in [-0.2, -0.15) is 0 Å². The molecule has 0 nitrogen and oxygen atoms in total. The van der Waals surface area contributed by atoms with Crippen molar-refractivity contribution in [3.8, 4) is 69.7 Å². The molecule has 0 unspecified atom stereocenters. The molecule has 0 radical (unpaired) electrons. The zero-order valence-electron chi connectivity index (χ0n) is 50.6. The molecule has 0 spiro atoms. The normalized spacial score (nSPS) is 12.2. The van der Waals surface area contributed by atoms with Gasteiger partial charge in [-0.05, 0) is 180 Å². The number of hydrogen-bond donors (Lipinski definition) is 1. The first-order chi connectivity index (χ1) is 41.8. The summed E-state index contributed by atoms with van der Waals surface area (Å²) in [5.41, 5.74) is 13.3. The molecule has 7 heterocycles. The maximum absolute atomic E-state index is 5.01. The molecule has 0 aliphatic carbocycles. The highest BCUT2D eigenvalue weighted by Gasteiger charge is 2.19. The van der Waals surface area contributed by atoms with Gasteiger partial charge in [0.05, 0.1) is 0 Å². The average Bonchev–Trinajstić information content (AvgIpc) is 3.23. The largest absolute Gasteiger partial charge is 0.143 e. The van der Waals surface area contributed by atoms with Crippen LogP contribution in [0.4, 0.5) is 0 Å². The first-order valence-corrected chi connectivity index (χ1v) is 37.8. The number of hydrogen-bond acceptors (Lipinski definition) is 8. The van der Waals surface area contributed by atoms with Crippen molar-refractivity contribution in [2.24, 2.45) is 0 Å². The Hall–Kier alpha value is -4.87. The van der Waals surface area contributed by atoms with Crippen LogP contribution in [0.15, 0.2) is 150 Å². The molecule has 0 aliphatic rings. The number of unbranched alkanes of at least 4 members (excludes halogenated alkanes) is 12. The molecular formula is C77H84S8. The van der Waals surface area contributed by atoms with Crippen molar-refractivity contribution in [3.05, 3.63) is 194 Å².